The second-order valence-electron chi connectivity index (χ2n) is 2.19. The van der Waals surface area contributed by atoms with Gasteiger partial charge in [-0.05, 0) is 12.1 Å². The predicted octanol–water partition coefficient (Wildman–Crippen LogP) is 0.386. The first-order valence-corrected chi connectivity index (χ1v) is 4.42. The monoisotopic (exact) mass is 201 g/mol. The first-order valence-electron chi connectivity index (χ1n) is 3.31. The molecule has 70 valence electrons. The third kappa shape index (κ3) is 2.11. The Morgan fingerprint density at radius 2 is 2.00 bits per heavy atom. The van der Waals surface area contributed by atoms with Crippen molar-refractivity contribution in [1.29, 1.82) is 0 Å². The summed E-state index contributed by atoms with van der Waals surface area (Å²) in [5.74, 6) is -0.807. The van der Waals surface area contributed by atoms with Gasteiger partial charge in [-0.3, -0.25) is 10.0 Å². The molecule has 1 atom stereocenters. The molecule has 1 amide bonds. The zero-order valence-corrected chi connectivity index (χ0v) is 7.25. The van der Waals surface area contributed by atoms with E-state index in [4.69, 9.17) is 9.76 Å². The number of hydrogen-bond donors (Lipinski definition) is 3. The number of nitrogens with one attached hydrogen (secondary N) is 1. The Labute approximate surface area is 76.6 Å². The van der Waals surface area contributed by atoms with Crippen LogP contribution in [0.2, 0.25) is 0 Å². The van der Waals surface area contributed by atoms with Crippen LogP contribution in [0.25, 0.3) is 0 Å². The summed E-state index contributed by atoms with van der Waals surface area (Å²) in [7, 11) is 0. The van der Waals surface area contributed by atoms with Gasteiger partial charge in [-0.25, -0.2) is 9.69 Å². The molecule has 1 aromatic rings. The van der Waals surface area contributed by atoms with Crippen molar-refractivity contribution in [2.45, 2.75) is 4.90 Å². The molecule has 1 rings (SSSR count). The number of amides is 1. The maximum Gasteiger partial charge on any atom is 0.275 e. The zero-order valence-electron chi connectivity index (χ0n) is 6.43. The van der Waals surface area contributed by atoms with Gasteiger partial charge in [-0.1, -0.05) is 12.1 Å². The van der Waals surface area contributed by atoms with Gasteiger partial charge in [0.1, 0.15) is 0 Å². The van der Waals surface area contributed by atoms with Gasteiger partial charge in [0.15, 0.2) is 11.1 Å². The summed E-state index contributed by atoms with van der Waals surface area (Å²) in [6.45, 7) is 0. The standard InChI is InChI=1S/C7H7NO4S/c9-7(8-10)5-3-1-2-4-6(5)13(11)12/h1-4,10H,(H,8,9)(H,11,12). The molecule has 0 bridgehead atoms. The SMILES string of the molecule is O=C(NO)c1ccccc1S(=O)O. The van der Waals surface area contributed by atoms with E-state index in [1.54, 1.807) is 0 Å². The molecule has 0 aromatic heterocycles. The van der Waals surface area contributed by atoms with Crippen molar-refractivity contribution in [2.24, 2.45) is 0 Å². The second-order valence-corrected chi connectivity index (χ2v) is 3.12. The molecular formula is C7H7NO4S. The fourth-order valence-electron chi connectivity index (χ4n) is 0.867. The van der Waals surface area contributed by atoms with Gasteiger partial charge in [0, 0.05) is 0 Å². The molecular weight excluding hydrogens is 194 g/mol. The molecule has 13 heavy (non-hydrogen) atoms. The Balaban J connectivity index is 3.19. The lowest BCUT2D eigenvalue weighted by atomic mass is 10.2. The molecule has 0 heterocycles. The lowest BCUT2D eigenvalue weighted by molar-refractivity contribution is 0.0702. The summed E-state index contributed by atoms with van der Waals surface area (Å²) >= 11 is -2.23. The molecule has 6 heteroatoms. The Kier molecular flexibility index (Phi) is 3.13. The first-order chi connectivity index (χ1) is 6.16. The van der Waals surface area contributed by atoms with Gasteiger partial charge in [0.2, 0.25) is 0 Å². The van der Waals surface area contributed by atoms with Crippen LogP contribution in [0.3, 0.4) is 0 Å². The van der Waals surface area contributed by atoms with Crippen molar-refractivity contribution < 1.29 is 18.8 Å². The van der Waals surface area contributed by atoms with Crippen LogP contribution in [0.4, 0.5) is 0 Å². The summed E-state index contributed by atoms with van der Waals surface area (Å²) < 4.78 is 19.5. The highest BCUT2D eigenvalue weighted by molar-refractivity contribution is 7.79. The lowest BCUT2D eigenvalue weighted by Crippen LogP contribution is -2.20. The highest BCUT2D eigenvalue weighted by Crippen LogP contribution is 2.11. The van der Waals surface area contributed by atoms with Crippen LogP contribution in [-0.4, -0.2) is 19.9 Å². The van der Waals surface area contributed by atoms with Crippen molar-refractivity contribution in [2.75, 3.05) is 0 Å². The average molecular weight is 201 g/mol. The molecule has 1 aromatic carbocycles. The van der Waals surface area contributed by atoms with E-state index in [1.807, 2.05) is 0 Å². The number of benzene rings is 1. The number of rotatable bonds is 2. The van der Waals surface area contributed by atoms with Crippen LogP contribution in [-0.2, 0) is 11.1 Å². The van der Waals surface area contributed by atoms with Crippen LogP contribution in [0, 0.1) is 0 Å². The highest BCUT2D eigenvalue weighted by atomic mass is 32.2. The number of carbonyl (C=O) groups is 1. The highest BCUT2D eigenvalue weighted by Gasteiger charge is 2.12. The molecule has 0 aliphatic rings. The molecule has 0 aliphatic heterocycles. The molecule has 0 saturated carbocycles. The van der Waals surface area contributed by atoms with E-state index >= 15 is 0 Å². The third-order valence-electron chi connectivity index (χ3n) is 1.42. The van der Waals surface area contributed by atoms with Crippen molar-refractivity contribution >= 4 is 17.0 Å². The largest absolute Gasteiger partial charge is 0.302 e. The van der Waals surface area contributed by atoms with Crippen molar-refractivity contribution in [3.63, 3.8) is 0 Å². The van der Waals surface area contributed by atoms with E-state index in [0.29, 0.717) is 0 Å². The summed E-state index contributed by atoms with van der Waals surface area (Å²) in [6.07, 6.45) is 0. The minimum absolute atomic E-state index is 0.0224. The van der Waals surface area contributed by atoms with Crippen molar-refractivity contribution in [1.82, 2.24) is 5.48 Å². The molecule has 0 saturated heterocycles. The molecule has 0 fully saturated rings. The lowest BCUT2D eigenvalue weighted by Gasteiger charge is -2.02. The van der Waals surface area contributed by atoms with Crippen LogP contribution < -0.4 is 5.48 Å². The Hall–Kier alpha value is -1.24. The number of carbonyl (C=O) groups excluding carboxylic acids is 1. The molecule has 1 unspecified atom stereocenters. The van der Waals surface area contributed by atoms with E-state index in [-0.39, 0.29) is 10.5 Å². The average Bonchev–Trinajstić information content (AvgIpc) is 2.16. The molecule has 0 aliphatic carbocycles. The van der Waals surface area contributed by atoms with Crippen molar-refractivity contribution in [3.8, 4) is 0 Å². The van der Waals surface area contributed by atoms with E-state index in [2.05, 4.69) is 0 Å². The van der Waals surface area contributed by atoms with Gasteiger partial charge >= 0.3 is 0 Å². The molecule has 0 radical (unpaired) electrons. The Morgan fingerprint density at radius 3 is 2.54 bits per heavy atom. The maximum absolute atomic E-state index is 10.9. The van der Waals surface area contributed by atoms with Gasteiger partial charge < -0.3 is 4.55 Å². The van der Waals surface area contributed by atoms with E-state index < -0.39 is 17.0 Å². The summed E-state index contributed by atoms with van der Waals surface area (Å²) in [5.41, 5.74) is 1.37. The number of hydroxylamine groups is 1. The van der Waals surface area contributed by atoms with Crippen LogP contribution in [0.1, 0.15) is 10.4 Å². The fraction of sp³-hybridized carbons (Fsp3) is 0. The summed E-state index contributed by atoms with van der Waals surface area (Å²) in [6, 6.07) is 5.73. The van der Waals surface area contributed by atoms with Gasteiger partial charge in [-0.2, -0.15) is 0 Å². The van der Waals surface area contributed by atoms with Crippen molar-refractivity contribution in [3.05, 3.63) is 29.8 Å². The van der Waals surface area contributed by atoms with Gasteiger partial charge in [0.25, 0.3) is 5.91 Å². The zero-order chi connectivity index (χ0) is 9.84. The Bertz CT molecular complexity index is 352. The minimum atomic E-state index is -2.23. The fourth-order valence-corrected chi connectivity index (χ4v) is 1.41. The molecule has 0 spiro atoms. The predicted molar refractivity (Wildman–Crippen MR) is 44.7 cm³/mol. The van der Waals surface area contributed by atoms with Crippen LogP contribution >= 0.6 is 0 Å². The molecule has 3 N–H and O–H groups in total. The maximum atomic E-state index is 10.9. The van der Waals surface area contributed by atoms with E-state index in [0.717, 1.165) is 0 Å². The quantitative estimate of drug-likeness (QED) is 0.367. The normalized spacial score (nSPS) is 12.2. The Morgan fingerprint density at radius 1 is 1.38 bits per heavy atom. The second kappa shape index (κ2) is 4.13. The minimum Gasteiger partial charge on any atom is -0.302 e. The molecule has 5 nitrogen and oxygen atoms in total. The van der Waals surface area contributed by atoms with E-state index in [1.165, 1.54) is 29.7 Å². The summed E-state index contributed by atoms with van der Waals surface area (Å²) in [5, 5.41) is 8.31. The topological polar surface area (TPSA) is 86.6 Å². The van der Waals surface area contributed by atoms with Gasteiger partial charge in [-0.15, -0.1) is 0 Å². The first kappa shape index (κ1) is 9.85. The third-order valence-corrected chi connectivity index (χ3v) is 2.15. The van der Waals surface area contributed by atoms with E-state index in [9.17, 15) is 9.00 Å². The van der Waals surface area contributed by atoms with Gasteiger partial charge in [0.05, 0.1) is 10.5 Å². The van der Waals surface area contributed by atoms with Crippen LogP contribution in [0.5, 0.6) is 0 Å². The summed E-state index contributed by atoms with van der Waals surface area (Å²) in [4.78, 5) is 10.9. The van der Waals surface area contributed by atoms with Crippen LogP contribution in [0.15, 0.2) is 29.2 Å². The smallest absolute Gasteiger partial charge is 0.275 e. The number of hydrogen-bond acceptors (Lipinski definition) is 3.